The third-order valence-corrected chi connectivity index (χ3v) is 7.36. The first kappa shape index (κ1) is 17.7. The van der Waals surface area contributed by atoms with Crippen LogP contribution in [0.25, 0.3) is 0 Å². The summed E-state index contributed by atoms with van der Waals surface area (Å²) in [6.07, 6.45) is 0.406. The molecule has 0 aliphatic heterocycles. The predicted molar refractivity (Wildman–Crippen MR) is 109 cm³/mol. The normalized spacial score (nSPS) is 12.2. The van der Waals surface area contributed by atoms with Crippen LogP contribution in [0.1, 0.15) is 6.92 Å². The minimum Gasteiger partial charge on any atom is -0.313 e. The van der Waals surface area contributed by atoms with Gasteiger partial charge in [-0.25, -0.2) is 0 Å². The van der Waals surface area contributed by atoms with E-state index in [-0.39, 0.29) is 0 Å². The highest BCUT2D eigenvalue weighted by Crippen LogP contribution is 2.43. The van der Waals surface area contributed by atoms with Crippen LogP contribution in [0.4, 0.5) is 5.69 Å². The molecule has 0 fully saturated rings. The minimum atomic E-state index is -2.78. The van der Waals surface area contributed by atoms with Crippen molar-refractivity contribution in [3.8, 4) is 0 Å². The molecule has 0 saturated carbocycles. The number of nitrogens with zero attached hydrogens (tertiary/aromatic N) is 1. The monoisotopic (exact) mass is 367 g/mol. The van der Waals surface area contributed by atoms with E-state index in [2.05, 4.69) is 4.99 Å². The Morgan fingerprint density at radius 3 is 1.80 bits per heavy atom. The van der Waals surface area contributed by atoms with Crippen molar-refractivity contribution in [2.75, 3.05) is 6.16 Å². The van der Waals surface area contributed by atoms with E-state index < -0.39 is 7.14 Å². The summed E-state index contributed by atoms with van der Waals surface area (Å²) < 4.78 is 14.0. The zero-order chi connectivity index (χ0) is 17.7. The Kier molecular flexibility index (Phi) is 5.53. The molecule has 0 bridgehead atoms. The maximum atomic E-state index is 14.0. The second-order valence-electron chi connectivity index (χ2n) is 5.89. The largest absolute Gasteiger partial charge is 0.313 e. The summed E-state index contributed by atoms with van der Waals surface area (Å²) in [5, 5.41) is 2.38. The van der Waals surface area contributed by atoms with E-state index in [1.165, 1.54) is 0 Å². The zero-order valence-corrected chi connectivity index (χ0v) is 15.6. The van der Waals surface area contributed by atoms with Crippen molar-refractivity contribution in [3.63, 3.8) is 0 Å². The first-order valence-corrected chi connectivity index (χ1v) is 10.3. The van der Waals surface area contributed by atoms with E-state index >= 15 is 0 Å². The zero-order valence-electron chi connectivity index (χ0n) is 14.0. The van der Waals surface area contributed by atoms with E-state index in [1.807, 2.05) is 91.9 Å². The van der Waals surface area contributed by atoms with Crippen LogP contribution < -0.4 is 10.6 Å². The van der Waals surface area contributed by atoms with Crippen LogP contribution >= 0.6 is 18.7 Å². The quantitative estimate of drug-likeness (QED) is 0.435. The van der Waals surface area contributed by atoms with Crippen molar-refractivity contribution < 1.29 is 4.57 Å². The van der Waals surface area contributed by atoms with Gasteiger partial charge in [-0.3, -0.25) is 4.99 Å². The molecule has 0 aliphatic rings. The van der Waals surface area contributed by atoms with Crippen LogP contribution in [0.15, 0.2) is 89.9 Å². The van der Waals surface area contributed by atoms with E-state index in [0.717, 1.165) is 22.0 Å². The summed E-state index contributed by atoms with van der Waals surface area (Å²) in [6, 6.07) is 26.7. The first-order chi connectivity index (χ1) is 12.1. The molecule has 3 aromatic rings. The molecule has 25 heavy (non-hydrogen) atoms. The number of benzene rings is 3. The van der Waals surface area contributed by atoms with Gasteiger partial charge >= 0.3 is 0 Å². The van der Waals surface area contributed by atoms with Crippen molar-refractivity contribution in [1.82, 2.24) is 0 Å². The third-order valence-electron chi connectivity index (χ3n) is 3.94. The molecule has 0 heterocycles. The number of hydrogen-bond acceptors (Lipinski definition) is 2. The Hall–Kier alpha value is -2.15. The summed E-state index contributed by atoms with van der Waals surface area (Å²) in [7, 11) is -2.78. The summed E-state index contributed by atoms with van der Waals surface area (Å²) >= 11 is 5.92. The number of halogens is 1. The Bertz CT molecular complexity index is 862. The summed E-state index contributed by atoms with van der Waals surface area (Å²) in [5.74, 6) is 0. The third kappa shape index (κ3) is 4.28. The summed E-state index contributed by atoms with van der Waals surface area (Å²) in [6.45, 7) is 1.92. The van der Waals surface area contributed by atoms with Crippen LogP contribution in [0.5, 0.6) is 0 Å². The van der Waals surface area contributed by atoms with Crippen LogP contribution in [0, 0.1) is 0 Å². The first-order valence-electron chi connectivity index (χ1n) is 8.08. The fourth-order valence-electron chi connectivity index (χ4n) is 2.76. The van der Waals surface area contributed by atoms with Crippen LogP contribution in [-0.2, 0) is 4.57 Å². The van der Waals surface area contributed by atoms with Gasteiger partial charge in [-0.05, 0) is 31.2 Å². The topological polar surface area (TPSA) is 29.4 Å². The molecule has 2 nitrogen and oxygen atoms in total. The molecule has 3 rings (SSSR count). The SMILES string of the molecule is CC(CP(=O)(c1ccccc1)c1ccccc1)=Nc1ccc(Cl)cc1. The van der Waals surface area contributed by atoms with Gasteiger partial charge in [-0.15, -0.1) is 0 Å². The highest BCUT2D eigenvalue weighted by atomic mass is 35.5. The lowest BCUT2D eigenvalue weighted by atomic mass is 10.3. The standard InChI is InChI=1S/C21H19ClNOP/c1-17(23-19-14-12-18(22)13-15-19)16-25(24,20-8-4-2-5-9-20)21-10-6-3-7-11-21/h2-15H,16H2,1H3. The molecule has 3 aromatic carbocycles. The molecule has 0 N–H and O–H groups in total. The van der Waals surface area contributed by atoms with E-state index in [1.54, 1.807) is 0 Å². The molecule has 0 unspecified atom stereocenters. The van der Waals surface area contributed by atoms with Gasteiger partial charge in [0.05, 0.1) is 5.69 Å². The Labute approximate surface area is 153 Å². The number of hydrogen-bond donors (Lipinski definition) is 0. The molecule has 0 saturated heterocycles. The van der Waals surface area contributed by atoms with Gasteiger partial charge in [0.1, 0.15) is 7.14 Å². The maximum absolute atomic E-state index is 14.0. The second kappa shape index (κ2) is 7.82. The minimum absolute atomic E-state index is 0.406. The molecule has 4 heteroatoms. The number of aliphatic imine (C=N–C) groups is 1. The van der Waals surface area contributed by atoms with Crippen molar-refractivity contribution in [1.29, 1.82) is 0 Å². The number of rotatable bonds is 5. The van der Waals surface area contributed by atoms with Gasteiger partial charge in [0.15, 0.2) is 0 Å². The summed E-state index contributed by atoms with van der Waals surface area (Å²) in [5.41, 5.74) is 1.65. The molecule has 0 amide bonds. The molecule has 0 atom stereocenters. The summed E-state index contributed by atoms with van der Waals surface area (Å²) in [4.78, 5) is 4.62. The molecule has 0 aromatic heterocycles. The van der Waals surface area contributed by atoms with Gasteiger partial charge in [0, 0.05) is 27.5 Å². The van der Waals surface area contributed by atoms with Gasteiger partial charge in [-0.1, -0.05) is 72.3 Å². The lowest BCUT2D eigenvalue weighted by Gasteiger charge is -2.19. The highest BCUT2D eigenvalue weighted by molar-refractivity contribution is 7.79. The van der Waals surface area contributed by atoms with E-state index in [4.69, 9.17) is 11.6 Å². The molecule has 0 aliphatic carbocycles. The average molecular weight is 368 g/mol. The van der Waals surface area contributed by atoms with Crippen LogP contribution in [0.3, 0.4) is 0 Å². The Morgan fingerprint density at radius 2 is 1.32 bits per heavy atom. The lowest BCUT2D eigenvalue weighted by Crippen LogP contribution is -2.21. The van der Waals surface area contributed by atoms with E-state index in [9.17, 15) is 4.57 Å². The van der Waals surface area contributed by atoms with Crippen molar-refractivity contribution in [2.24, 2.45) is 4.99 Å². The fraction of sp³-hybridized carbons (Fsp3) is 0.0952. The van der Waals surface area contributed by atoms with Gasteiger partial charge in [-0.2, -0.15) is 0 Å². The second-order valence-corrected chi connectivity index (χ2v) is 9.16. The lowest BCUT2D eigenvalue weighted by molar-refractivity contribution is 0.589. The fourth-order valence-corrected chi connectivity index (χ4v) is 5.57. The van der Waals surface area contributed by atoms with Gasteiger partial charge < -0.3 is 4.57 Å². The van der Waals surface area contributed by atoms with Crippen molar-refractivity contribution in [2.45, 2.75) is 6.92 Å². The Morgan fingerprint density at radius 1 is 0.840 bits per heavy atom. The van der Waals surface area contributed by atoms with Crippen molar-refractivity contribution >= 4 is 40.8 Å². The Balaban J connectivity index is 1.99. The van der Waals surface area contributed by atoms with Gasteiger partial charge in [0.25, 0.3) is 0 Å². The van der Waals surface area contributed by atoms with Crippen LogP contribution in [-0.4, -0.2) is 11.9 Å². The smallest absolute Gasteiger partial charge is 0.148 e. The predicted octanol–water partition coefficient (Wildman–Crippen LogP) is 5.45. The van der Waals surface area contributed by atoms with Crippen LogP contribution in [0.2, 0.25) is 5.02 Å². The molecular weight excluding hydrogens is 349 g/mol. The molecular formula is C21H19ClNOP. The maximum Gasteiger partial charge on any atom is 0.148 e. The van der Waals surface area contributed by atoms with E-state index in [0.29, 0.717) is 11.2 Å². The molecule has 126 valence electrons. The molecule has 0 radical (unpaired) electrons. The van der Waals surface area contributed by atoms with Crippen molar-refractivity contribution in [3.05, 3.63) is 90.0 Å². The average Bonchev–Trinajstić information content (AvgIpc) is 2.65. The highest BCUT2D eigenvalue weighted by Gasteiger charge is 2.27. The van der Waals surface area contributed by atoms with Gasteiger partial charge in [0.2, 0.25) is 0 Å². The molecule has 0 spiro atoms.